The molecule has 0 aliphatic rings. The van der Waals surface area contributed by atoms with E-state index in [0.717, 1.165) is 6.20 Å². The van der Waals surface area contributed by atoms with E-state index in [-0.39, 0.29) is 11.3 Å². The van der Waals surface area contributed by atoms with E-state index in [9.17, 15) is 14.4 Å². The third-order valence-corrected chi connectivity index (χ3v) is 2.34. The number of aromatic hydroxyl groups is 1. The minimum absolute atomic E-state index is 0.117. The van der Waals surface area contributed by atoms with Crippen molar-refractivity contribution in [2.45, 2.75) is 0 Å². The number of aromatic amines is 2. The van der Waals surface area contributed by atoms with Crippen LogP contribution in [0, 0.1) is 0 Å². The summed E-state index contributed by atoms with van der Waals surface area (Å²) in [7, 11) is 0. The van der Waals surface area contributed by atoms with Crippen molar-refractivity contribution in [3.63, 3.8) is 0 Å². The van der Waals surface area contributed by atoms with Crippen LogP contribution in [0.3, 0.4) is 0 Å². The van der Waals surface area contributed by atoms with Crippen LogP contribution in [0.5, 0.6) is 5.75 Å². The van der Waals surface area contributed by atoms with E-state index in [2.05, 4.69) is 15.5 Å². The zero-order valence-corrected chi connectivity index (χ0v) is 10.1. The van der Waals surface area contributed by atoms with Crippen molar-refractivity contribution in [3.05, 3.63) is 62.4 Å². The van der Waals surface area contributed by atoms with Gasteiger partial charge in [-0.2, -0.15) is 5.10 Å². The standard InChI is InChI=1S/C12H10N4O4/c17-8-3-1-7(2-4-8)5-14-16-11(19)9-6-13-12(20)15-10(9)18/h1-6,17H,(H,16,19)(H2,13,15,18,20). The zero-order chi connectivity index (χ0) is 14.5. The van der Waals surface area contributed by atoms with Gasteiger partial charge in [-0.05, 0) is 29.8 Å². The minimum atomic E-state index is -0.800. The number of nitrogens with one attached hydrogen (secondary N) is 3. The number of phenols is 1. The van der Waals surface area contributed by atoms with Gasteiger partial charge in [0.2, 0.25) is 0 Å². The van der Waals surface area contributed by atoms with Crippen LogP contribution in [0.1, 0.15) is 15.9 Å². The summed E-state index contributed by atoms with van der Waals surface area (Å²) in [6.45, 7) is 0. The molecular formula is C12H10N4O4. The van der Waals surface area contributed by atoms with Crippen LogP contribution in [-0.2, 0) is 0 Å². The predicted molar refractivity (Wildman–Crippen MR) is 70.9 cm³/mol. The Morgan fingerprint density at radius 3 is 2.60 bits per heavy atom. The molecule has 8 heteroatoms. The first-order chi connectivity index (χ1) is 9.56. The van der Waals surface area contributed by atoms with Gasteiger partial charge in [0.25, 0.3) is 11.5 Å². The van der Waals surface area contributed by atoms with Gasteiger partial charge in [0.05, 0.1) is 6.21 Å². The Kier molecular flexibility index (Phi) is 3.75. The summed E-state index contributed by atoms with van der Waals surface area (Å²) in [6.07, 6.45) is 2.35. The Morgan fingerprint density at radius 2 is 1.95 bits per heavy atom. The number of rotatable bonds is 3. The molecule has 1 aromatic heterocycles. The first-order valence-electron chi connectivity index (χ1n) is 5.51. The Labute approximate surface area is 111 Å². The lowest BCUT2D eigenvalue weighted by Crippen LogP contribution is -2.31. The fourth-order valence-electron chi connectivity index (χ4n) is 1.36. The number of nitrogens with zero attached hydrogens (tertiary/aromatic N) is 1. The molecule has 0 bridgehead atoms. The highest BCUT2D eigenvalue weighted by Gasteiger charge is 2.09. The molecule has 0 saturated heterocycles. The van der Waals surface area contributed by atoms with Crippen LogP contribution < -0.4 is 16.7 Å². The Morgan fingerprint density at radius 1 is 1.25 bits per heavy atom. The highest BCUT2D eigenvalue weighted by molar-refractivity contribution is 5.94. The quantitative estimate of drug-likeness (QED) is 0.445. The van der Waals surface area contributed by atoms with E-state index in [1.165, 1.54) is 18.3 Å². The number of carbonyl (C=O) groups is 1. The van der Waals surface area contributed by atoms with Gasteiger partial charge in [-0.3, -0.25) is 14.6 Å². The largest absolute Gasteiger partial charge is 0.508 e. The van der Waals surface area contributed by atoms with Crippen LogP contribution in [-0.4, -0.2) is 27.2 Å². The number of benzene rings is 1. The van der Waals surface area contributed by atoms with Crippen molar-refractivity contribution in [3.8, 4) is 5.75 Å². The molecule has 1 heterocycles. The molecule has 8 nitrogen and oxygen atoms in total. The average molecular weight is 274 g/mol. The molecule has 102 valence electrons. The van der Waals surface area contributed by atoms with Crippen molar-refractivity contribution in [1.29, 1.82) is 0 Å². The summed E-state index contributed by atoms with van der Waals surface area (Å²) in [5.41, 5.74) is 1.05. The first-order valence-corrected chi connectivity index (χ1v) is 5.51. The van der Waals surface area contributed by atoms with Gasteiger partial charge in [-0.15, -0.1) is 0 Å². The smallest absolute Gasteiger partial charge is 0.325 e. The summed E-state index contributed by atoms with van der Waals surface area (Å²) < 4.78 is 0. The maximum atomic E-state index is 11.6. The van der Waals surface area contributed by atoms with Gasteiger partial charge in [-0.1, -0.05) is 0 Å². The second kappa shape index (κ2) is 5.65. The molecule has 2 aromatic rings. The monoisotopic (exact) mass is 274 g/mol. The van der Waals surface area contributed by atoms with E-state index < -0.39 is 17.2 Å². The average Bonchev–Trinajstić information content (AvgIpc) is 2.41. The van der Waals surface area contributed by atoms with Crippen LogP contribution in [0.15, 0.2) is 45.2 Å². The molecule has 20 heavy (non-hydrogen) atoms. The number of H-pyrrole nitrogens is 2. The lowest BCUT2D eigenvalue weighted by molar-refractivity contribution is 0.0953. The van der Waals surface area contributed by atoms with Crippen molar-refractivity contribution in [2.75, 3.05) is 0 Å². The Hall–Kier alpha value is -3.16. The molecule has 0 fully saturated rings. The molecule has 0 unspecified atom stereocenters. The predicted octanol–water partition coefficient (Wildman–Crippen LogP) is -0.467. The normalized spacial score (nSPS) is 10.6. The first kappa shape index (κ1) is 13.3. The van der Waals surface area contributed by atoms with E-state index in [0.29, 0.717) is 5.56 Å². The number of carbonyl (C=O) groups excluding carboxylic acids is 1. The minimum Gasteiger partial charge on any atom is -0.508 e. The molecule has 1 aromatic carbocycles. The molecule has 0 aliphatic carbocycles. The summed E-state index contributed by atoms with van der Waals surface area (Å²) in [5, 5.41) is 12.8. The highest BCUT2D eigenvalue weighted by atomic mass is 16.3. The fourth-order valence-corrected chi connectivity index (χ4v) is 1.36. The third kappa shape index (κ3) is 3.19. The van der Waals surface area contributed by atoms with E-state index in [1.54, 1.807) is 12.1 Å². The molecule has 0 spiro atoms. The Bertz CT molecular complexity index is 758. The number of amides is 1. The van der Waals surface area contributed by atoms with Crippen LogP contribution >= 0.6 is 0 Å². The lowest BCUT2D eigenvalue weighted by Gasteiger charge is -1.98. The van der Waals surface area contributed by atoms with Crippen LogP contribution in [0.25, 0.3) is 0 Å². The number of phenolic OH excluding ortho intramolecular Hbond substituents is 1. The highest BCUT2D eigenvalue weighted by Crippen LogP contribution is 2.07. The van der Waals surface area contributed by atoms with Crippen molar-refractivity contribution >= 4 is 12.1 Å². The van der Waals surface area contributed by atoms with E-state index in [1.807, 2.05) is 4.98 Å². The maximum Gasteiger partial charge on any atom is 0.325 e. The Balaban J connectivity index is 2.07. The van der Waals surface area contributed by atoms with Crippen LogP contribution in [0.2, 0.25) is 0 Å². The second-order valence-electron chi connectivity index (χ2n) is 3.78. The second-order valence-corrected chi connectivity index (χ2v) is 3.78. The summed E-state index contributed by atoms with van der Waals surface area (Å²) in [5.74, 6) is -0.636. The summed E-state index contributed by atoms with van der Waals surface area (Å²) >= 11 is 0. The molecule has 2 rings (SSSR count). The number of hydrogen-bond acceptors (Lipinski definition) is 5. The van der Waals surface area contributed by atoms with Gasteiger partial charge in [-0.25, -0.2) is 10.2 Å². The van der Waals surface area contributed by atoms with Gasteiger partial charge in [0.1, 0.15) is 11.3 Å². The molecule has 0 atom stereocenters. The molecule has 0 aliphatic heterocycles. The number of hydrazone groups is 1. The van der Waals surface area contributed by atoms with Gasteiger partial charge >= 0.3 is 5.69 Å². The van der Waals surface area contributed by atoms with Gasteiger partial charge in [0, 0.05) is 6.20 Å². The SMILES string of the molecule is O=C(NN=Cc1ccc(O)cc1)c1c[nH]c(=O)[nH]c1=O. The van der Waals surface area contributed by atoms with E-state index >= 15 is 0 Å². The lowest BCUT2D eigenvalue weighted by atomic mass is 10.2. The van der Waals surface area contributed by atoms with Crippen molar-refractivity contribution in [2.24, 2.45) is 5.10 Å². The fraction of sp³-hybridized carbons (Fsp3) is 0. The van der Waals surface area contributed by atoms with Crippen LogP contribution in [0.4, 0.5) is 0 Å². The zero-order valence-electron chi connectivity index (χ0n) is 10.1. The molecular weight excluding hydrogens is 264 g/mol. The number of aromatic nitrogens is 2. The maximum absolute atomic E-state index is 11.6. The van der Waals surface area contributed by atoms with Gasteiger partial charge < -0.3 is 10.1 Å². The molecule has 0 saturated carbocycles. The van der Waals surface area contributed by atoms with Crippen molar-refractivity contribution < 1.29 is 9.90 Å². The molecule has 4 N–H and O–H groups in total. The summed E-state index contributed by atoms with van der Waals surface area (Å²) in [6, 6.07) is 6.13. The van der Waals surface area contributed by atoms with Gasteiger partial charge in [0.15, 0.2) is 0 Å². The molecule has 1 amide bonds. The summed E-state index contributed by atoms with van der Waals surface area (Å²) in [4.78, 5) is 37.9. The van der Waals surface area contributed by atoms with Crippen molar-refractivity contribution in [1.82, 2.24) is 15.4 Å². The van der Waals surface area contributed by atoms with E-state index in [4.69, 9.17) is 5.11 Å². The number of hydrogen-bond donors (Lipinski definition) is 4. The molecule has 0 radical (unpaired) electrons. The third-order valence-electron chi connectivity index (χ3n) is 2.34. The topological polar surface area (TPSA) is 127 Å².